The molecule has 0 radical (unpaired) electrons. The van der Waals surface area contributed by atoms with Crippen LogP contribution in [-0.2, 0) is 0 Å². The molecule has 0 saturated carbocycles. The number of halogens is 1. The van der Waals surface area contributed by atoms with Gasteiger partial charge in [-0.2, -0.15) is 5.10 Å². The van der Waals surface area contributed by atoms with Crippen molar-refractivity contribution in [3.05, 3.63) is 47.5 Å². The molecule has 0 spiro atoms. The molecule has 0 amide bonds. The van der Waals surface area contributed by atoms with Crippen molar-refractivity contribution in [2.24, 2.45) is 4.99 Å². The van der Waals surface area contributed by atoms with Crippen molar-refractivity contribution in [2.45, 2.75) is 6.04 Å². The summed E-state index contributed by atoms with van der Waals surface area (Å²) in [5.74, 6) is 0.524. The summed E-state index contributed by atoms with van der Waals surface area (Å²) >= 11 is 5.85. The van der Waals surface area contributed by atoms with Crippen molar-refractivity contribution in [3.8, 4) is 0 Å². The predicted octanol–water partition coefficient (Wildman–Crippen LogP) is 1.36. The third kappa shape index (κ3) is 2.42. The maximum absolute atomic E-state index is 12.7. The second kappa shape index (κ2) is 5.42. The first-order valence-corrected chi connectivity index (χ1v) is 6.55. The lowest BCUT2D eigenvalue weighted by Crippen LogP contribution is -2.35. The van der Waals surface area contributed by atoms with E-state index >= 15 is 0 Å². The minimum Gasteiger partial charge on any atom is -0.370 e. The number of ketones is 1. The maximum atomic E-state index is 12.7. The summed E-state index contributed by atoms with van der Waals surface area (Å²) in [4.78, 5) is 20.9. The monoisotopic (exact) mass is 289 g/mol. The summed E-state index contributed by atoms with van der Waals surface area (Å²) < 4.78 is 1.51. The van der Waals surface area contributed by atoms with E-state index in [2.05, 4.69) is 20.4 Å². The van der Waals surface area contributed by atoms with Gasteiger partial charge in [-0.05, 0) is 24.3 Å². The van der Waals surface area contributed by atoms with Gasteiger partial charge in [0.25, 0.3) is 0 Å². The molecule has 0 fully saturated rings. The molecule has 2 heterocycles. The van der Waals surface area contributed by atoms with Crippen LogP contribution in [0.5, 0.6) is 0 Å². The molecule has 1 aliphatic rings. The zero-order valence-corrected chi connectivity index (χ0v) is 11.3. The van der Waals surface area contributed by atoms with E-state index in [1.165, 1.54) is 17.3 Å². The largest absolute Gasteiger partial charge is 0.370 e. The van der Waals surface area contributed by atoms with Gasteiger partial charge in [0.15, 0.2) is 11.8 Å². The average molecular weight is 290 g/mol. The second-order valence-electron chi connectivity index (χ2n) is 4.34. The molecule has 102 valence electrons. The number of rotatable bonds is 4. The SMILES string of the molecule is O=C(c1ccc(Cl)cc1)C(C1=NCCN1)n1cncn1. The van der Waals surface area contributed by atoms with Crippen molar-refractivity contribution in [3.63, 3.8) is 0 Å². The molecular weight excluding hydrogens is 278 g/mol. The van der Waals surface area contributed by atoms with E-state index in [0.29, 0.717) is 23.0 Å². The molecule has 20 heavy (non-hydrogen) atoms. The molecule has 3 rings (SSSR count). The van der Waals surface area contributed by atoms with Crippen molar-refractivity contribution in [2.75, 3.05) is 13.1 Å². The van der Waals surface area contributed by atoms with Gasteiger partial charge in [-0.3, -0.25) is 9.79 Å². The minimum atomic E-state index is -0.610. The third-order valence-corrected chi connectivity index (χ3v) is 3.29. The van der Waals surface area contributed by atoms with Crippen LogP contribution in [0.4, 0.5) is 0 Å². The second-order valence-corrected chi connectivity index (χ2v) is 4.78. The summed E-state index contributed by atoms with van der Waals surface area (Å²) in [6, 6.07) is 6.17. The number of benzene rings is 1. The van der Waals surface area contributed by atoms with E-state index in [1.807, 2.05) is 0 Å². The number of carbonyl (C=O) groups excluding carboxylic acids is 1. The zero-order valence-electron chi connectivity index (χ0n) is 10.5. The first-order chi connectivity index (χ1) is 9.75. The van der Waals surface area contributed by atoms with Crippen LogP contribution in [0.3, 0.4) is 0 Å². The molecule has 7 heteroatoms. The number of aliphatic imine (C=N–C) groups is 1. The lowest BCUT2D eigenvalue weighted by atomic mass is 10.0. The fourth-order valence-electron chi connectivity index (χ4n) is 2.09. The molecule has 1 aliphatic heterocycles. The molecule has 1 aromatic heterocycles. The Morgan fingerprint density at radius 1 is 1.35 bits per heavy atom. The topological polar surface area (TPSA) is 72.2 Å². The Morgan fingerprint density at radius 3 is 2.75 bits per heavy atom. The molecule has 1 atom stereocenters. The summed E-state index contributed by atoms with van der Waals surface area (Å²) in [6.07, 6.45) is 2.92. The molecule has 6 nitrogen and oxygen atoms in total. The van der Waals surface area contributed by atoms with Crippen molar-refractivity contribution < 1.29 is 4.79 Å². The molecular formula is C13H12ClN5O. The highest BCUT2D eigenvalue weighted by Gasteiger charge is 2.29. The molecule has 0 bridgehead atoms. The van der Waals surface area contributed by atoms with Gasteiger partial charge in [-0.25, -0.2) is 9.67 Å². The number of carbonyl (C=O) groups is 1. The molecule has 0 aliphatic carbocycles. The van der Waals surface area contributed by atoms with Crippen LogP contribution in [-0.4, -0.2) is 39.5 Å². The van der Waals surface area contributed by atoms with Gasteiger partial charge < -0.3 is 5.32 Å². The number of nitrogens with zero attached hydrogens (tertiary/aromatic N) is 4. The Labute approximate surface area is 120 Å². The lowest BCUT2D eigenvalue weighted by molar-refractivity contribution is 0.0951. The molecule has 1 unspecified atom stereocenters. The number of nitrogens with one attached hydrogen (secondary N) is 1. The Morgan fingerprint density at radius 2 is 2.15 bits per heavy atom. The van der Waals surface area contributed by atoms with E-state index in [4.69, 9.17) is 11.6 Å². The standard InChI is InChI=1S/C13H12ClN5O/c14-10-3-1-9(2-4-10)12(20)11(13-16-5-6-17-13)19-8-15-7-18-19/h1-4,7-8,11H,5-6H2,(H,16,17). The summed E-state index contributed by atoms with van der Waals surface area (Å²) in [5, 5.41) is 7.78. The normalized spacial score (nSPS) is 15.6. The average Bonchev–Trinajstić information content (AvgIpc) is 3.13. The number of Topliss-reactive ketones (excluding diaryl/α,β-unsaturated/α-hetero) is 1. The van der Waals surface area contributed by atoms with Gasteiger partial charge in [0.2, 0.25) is 0 Å². The molecule has 1 aromatic carbocycles. The highest BCUT2D eigenvalue weighted by molar-refractivity contribution is 6.30. The van der Waals surface area contributed by atoms with Crippen LogP contribution in [0, 0.1) is 0 Å². The van der Waals surface area contributed by atoms with Crippen LogP contribution in [0.1, 0.15) is 16.4 Å². The number of hydrogen-bond donors (Lipinski definition) is 1. The van der Waals surface area contributed by atoms with Crippen molar-refractivity contribution >= 4 is 23.2 Å². The van der Waals surface area contributed by atoms with Gasteiger partial charge in [0, 0.05) is 17.1 Å². The fourth-order valence-corrected chi connectivity index (χ4v) is 2.22. The smallest absolute Gasteiger partial charge is 0.195 e. The molecule has 1 N–H and O–H groups in total. The molecule has 0 saturated heterocycles. The zero-order chi connectivity index (χ0) is 13.9. The van der Waals surface area contributed by atoms with Gasteiger partial charge in [-0.15, -0.1) is 0 Å². The summed E-state index contributed by atoms with van der Waals surface area (Å²) in [5.41, 5.74) is 0.561. The van der Waals surface area contributed by atoms with Crippen molar-refractivity contribution in [1.82, 2.24) is 20.1 Å². The third-order valence-electron chi connectivity index (χ3n) is 3.04. The Hall–Kier alpha value is -2.21. The van der Waals surface area contributed by atoms with Gasteiger partial charge >= 0.3 is 0 Å². The van der Waals surface area contributed by atoms with Crippen molar-refractivity contribution in [1.29, 1.82) is 0 Å². The number of hydrogen-bond acceptors (Lipinski definition) is 5. The first kappa shape index (κ1) is 12.8. The number of aromatic nitrogens is 3. The highest BCUT2D eigenvalue weighted by Crippen LogP contribution is 2.18. The Bertz CT molecular complexity index is 635. The van der Waals surface area contributed by atoms with Gasteiger partial charge in [-0.1, -0.05) is 11.6 Å². The minimum absolute atomic E-state index is 0.0969. The van der Waals surface area contributed by atoms with E-state index in [9.17, 15) is 4.79 Å². The van der Waals surface area contributed by atoms with Crippen LogP contribution < -0.4 is 5.32 Å². The van der Waals surface area contributed by atoms with E-state index in [-0.39, 0.29) is 5.78 Å². The van der Waals surface area contributed by atoms with Gasteiger partial charge in [0.1, 0.15) is 18.5 Å². The molecule has 2 aromatic rings. The Kier molecular flexibility index (Phi) is 3.47. The van der Waals surface area contributed by atoms with Gasteiger partial charge in [0.05, 0.1) is 6.54 Å². The predicted molar refractivity (Wildman–Crippen MR) is 75.1 cm³/mol. The fraction of sp³-hybridized carbons (Fsp3) is 0.231. The van der Waals surface area contributed by atoms with E-state index in [1.54, 1.807) is 24.3 Å². The Balaban J connectivity index is 1.97. The van der Waals surface area contributed by atoms with Crippen LogP contribution >= 0.6 is 11.6 Å². The lowest BCUT2D eigenvalue weighted by Gasteiger charge is -2.16. The summed E-state index contributed by atoms with van der Waals surface area (Å²) in [6.45, 7) is 1.39. The quantitative estimate of drug-likeness (QED) is 0.863. The van der Waals surface area contributed by atoms with Crippen LogP contribution in [0.15, 0.2) is 41.9 Å². The first-order valence-electron chi connectivity index (χ1n) is 6.18. The van der Waals surface area contributed by atoms with E-state index < -0.39 is 6.04 Å². The number of amidine groups is 1. The summed E-state index contributed by atoms with van der Waals surface area (Å²) in [7, 11) is 0. The maximum Gasteiger partial charge on any atom is 0.195 e. The van der Waals surface area contributed by atoms with Crippen LogP contribution in [0.25, 0.3) is 0 Å². The van der Waals surface area contributed by atoms with Crippen LogP contribution in [0.2, 0.25) is 5.02 Å². The van der Waals surface area contributed by atoms with E-state index in [0.717, 1.165) is 6.54 Å². The highest BCUT2D eigenvalue weighted by atomic mass is 35.5.